The average Bonchev–Trinajstić information content (AvgIpc) is 3.25. The molecule has 0 saturated heterocycles. The molecule has 5 rings (SSSR count). The molecular weight excluding hydrogens is 463 g/mol. The molecule has 3 aromatic rings. The fourth-order valence-electron chi connectivity index (χ4n) is 4.96. The Morgan fingerprint density at radius 1 is 1.08 bits per heavy atom. The minimum atomic E-state index is -0.549. The van der Waals surface area contributed by atoms with Crippen LogP contribution in [0, 0.1) is 5.82 Å². The second-order valence-electron chi connectivity index (χ2n) is 9.07. The zero-order valence-corrected chi connectivity index (χ0v) is 20.3. The third kappa shape index (κ3) is 4.99. The zero-order valence-electron chi connectivity index (χ0n) is 20.3. The molecule has 7 nitrogen and oxygen atoms in total. The van der Waals surface area contributed by atoms with Crippen LogP contribution in [-0.2, 0) is 37.1 Å². The van der Waals surface area contributed by atoms with E-state index in [4.69, 9.17) is 14.2 Å². The zero-order chi connectivity index (χ0) is 25.1. The number of hydrogen-bond donors (Lipinski definition) is 0. The summed E-state index contributed by atoms with van der Waals surface area (Å²) in [6.07, 6.45) is 1.73. The Bertz CT molecular complexity index is 1340. The van der Waals surface area contributed by atoms with E-state index in [9.17, 15) is 14.0 Å². The van der Waals surface area contributed by atoms with Crippen molar-refractivity contribution in [1.29, 1.82) is 0 Å². The van der Waals surface area contributed by atoms with Crippen LogP contribution < -0.4 is 15.0 Å². The van der Waals surface area contributed by atoms with E-state index in [0.717, 1.165) is 25.3 Å². The van der Waals surface area contributed by atoms with Crippen LogP contribution in [0.3, 0.4) is 0 Å². The molecule has 2 aliphatic heterocycles. The molecule has 3 heterocycles. The minimum Gasteiger partial charge on any atom is -0.493 e. The third-order valence-corrected chi connectivity index (χ3v) is 6.82. The maximum absolute atomic E-state index is 14.0. The van der Waals surface area contributed by atoms with Crippen molar-refractivity contribution in [1.82, 2.24) is 9.47 Å². The minimum absolute atomic E-state index is 0.127. The number of hydrogen-bond acceptors (Lipinski definition) is 6. The van der Waals surface area contributed by atoms with Gasteiger partial charge in [0.25, 0.3) is 5.56 Å². The number of pyridine rings is 1. The molecule has 1 aromatic heterocycles. The molecule has 188 valence electrons. The van der Waals surface area contributed by atoms with Gasteiger partial charge in [0.1, 0.15) is 22.9 Å². The van der Waals surface area contributed by atoms with Crippen molar-refractivity contribution in [2.45, 2.75) is 32.4 Å². The van der Waals surface area contributed by atoms with E-state index in [-0.39, 0.29) is 29.3 Å². The van der Waals surface area contributed by atoms with Gasteiger partial charge in [0, 0.05) is 57.2 Å². The third-order valence-electron chi connectivity index (χ3n) is 6.82. The summed E-state index contributed by atoms with van der Waals surface area (Å²) in [6, 6.07) is 14.1. The van der Waals surface area contributed by atoms with Crippen LogP contribution in [0.25, 0.3) is 0 Å². The number of nitrogens with zero attached hydrogens (tertiary/aromatic N) is 2. The van der Waals surface area contributed by atoms with Gasteiger partial charge in [0.15, 0.2) is 0 Å². The maximum atomic E-state index is 14.0. The lowest BCUT2D eigenvalue weighted by Gasteiger charge is -2.19. The van der Waals surface area contributed by atoms with E-state index in [0.29, 0.717) is 43.7 Å². The van der Waals surface area contributed by atoms with Crippen LogP contribution in [0.15, 0.2) is 53.3 Å². The number of carbonyl (C=O) groups excluding carboxylic acids is 1. The Kier molecular flexibility index (Phi) is 7.04. The molecule has 0 amide bonds. The molecule has 2 aromatic carbocycles. The van der Waals surface area contributed by atoms with Gasteiger partial charge < -0.3 is 18.8 Å². The smallest absolute Gasteiger partial charge is 0.343 e. The van der Waals surface area contributed by atoms with Crippen LogP contribution in [0.4, 0.5) is 4.39 Å². The monoisotopic (exact) mass is 492 g/mol. The number of carbonyl (C=O) groups is 1. The normalized spacial score (nSPS) is 14.9. The maximum Gasteiger partial charge on any atom is 0.343 e. The first-order chi connectivity index (χ1) is 17.5. The Labute approximate surface area is 209 Å². The molecule has 8 heteroatoms. The number of halogens is 1. The second-order valence-corrected chi connectivity index (χ2v) is 9.07. The predicted molar refractivity (Wildman–Crippen MR) is 132 cm³/mol. The SMILES string of the molecule is COC(=O)c1c(OCCc2ccccc2F)cc(=O)n2c1CCN(Cc1ccc3c(c1)CCO3)CC2. The first kappa shape index (κ1) is 24.1. The Balaban J connectivity index is 1.35. The fraction of sp³-hybridized carbons (Fsp3) is 0.357. The van der Waals surface area contributed by atoms with Crippen molar-refractivity contribution in [3.05, 3.63) is 92.6 Å². The molecular formula is C28H29FN2O5. The van der Waals surface area contributed by atoms with Gasteiger partial charge in [-0.1, -0.05) is 30.3 Å². The van der Waals surface area contributed by atoms with Crippen LogP contribution in [0.2, 0.25) is 0 Å². The van der Waals surface area contributed by atoms with Crippen LogP contribution in [0.1, 0.15) is 32.7 Å². The molecule has 0 fully saturated rings. The molecule has 0 atom stereocenters. The summed E-state index contributed by atoms with van der Waals surface area (Å²) in [5.74, 6) is 0.277. The molecule has 36 heavy (non-hydrogen) atoms. The van der Waals surface area contributed by atoms with E-state index in [1.165, 1.54) is 30.4 Å². The van der Waals surface area contributed by atoms with Crippen LogP contribution >= 0.6 is 0 Å². The number of fused-ring (bicyclic) bond motifs is 2. The van der Waals surface area contributed by atoms with Crippen molar-refractivity contribution < 1.29 is 23.4 Å². The Morgan fingerprint density at radius 2 is 1.94 bits per heavy atom. The molecule has 0 unspecified atom stereocenters. The van der Waals surface area contributed by atoms with E-state index < -0.39 is 5.97 Å². The van der Waals surface area contributed by atoms with Crippen molar-refractivity contribution >= 4 is 5.97 Å². The van der Waals surface area contributed by atoms with Crippen molar-refractivity contribution in [3.63, 3.8) is 0 Å². The van der Waals surface area contributed by atoms with Crippen molar-refractivity contribution in [3.8, 4) is 11.5 Å². The van der Waals surface area contributed by atoms with Gasteiger partial charge in [0.2, 0.25) is 0 Å². The summed E-state index contributed by atoms with van der Waals surface area (Å²) in [4.78, 5) is 28.1. The summed E-state index contributed by atoms with van der Waals surface area (Å²) in [5, 5.41) is 0. The number of benzene rings is 2. The highest BCUT2D eigenvalue weighted by molar-refractivity contribution is 5.93. The highest BCUT2D eigenvalue weighted by atomic mass is 19.1. The standard InChI is InChI=1S/C28H29FN2O5/c1-34-28(33)27-23-8-11-30(18-19-6-7-24-21(16-19)10-15-35-24)12-13-31(23)26(32)17-25(27)36-14-9-20-4-2-3-5-22(20)29/h2-7,16-17H,8-15,18H2,1H3. The molecule has 0 aliphatic carbocycles. The van der Waals surface area contributed by atoms with Gasteiger partial charge >= 0.3 is 5.97 Å². The average molecular weight is 493 g/mol. The van der Waals surface area contributed by atoms with Gasteiger partial charge in [0.05, 0.1) is 20.3 Å². The van der Waals surface area contributed by atoms with E-state index in [1.807, 2.05) is 6.07 Å². The van der Waals surface area contributed by atoms with Crippen molar-refractivity contribution in [2.75, 3.05) is 33.4 Å². The number of ether oxygens (including phenoxy) is 3. The Hall–Kier alpha value is -3.65. The van der Waals surface area contributed by atoms with Gasteiger partial charge in [-0.15, -0.1) is 0 Å². The summed E-state index contributed by atoms with van der Waals surface area (Å²) >= 11 is 0. The van der Waals surface area contributed by atoms with E-state index >= 15 is 0 Å². The lowest BCUT2D eigenvalue weighted by molar-refractivity contribution is 0.0593. The molecule has 0 saturated carbocycles. The summed E-state index contributed by atoms with van der Waals surface area (Å²) in [6.45, 7) is 3.41. The lowest BCUT2D eigenvalue weighted by atomic mass is 10.1. The topological polar surface area (TPSA) is 70.0 Å². The van der Waals surface area contributed by atoms with Crippen LogP contribution in [-0.4, -0.2) is 48.8 Å². The number of methoxy groups -OCH3 is 1. The number of aromatic nitrogens is 1. The molecule has 0 bridgehead atoms. The van der Waals surface area contributed by atoms with Gasteiger partial charge in [-0.25, -0.2) is 9.18 Å². The lowest BCUT2D eigenvalue weighted by Crippen LogP contribution is -2.29. The predicted octanol–water partition coefficient (Wildman–Crippen LogP) is 3.39. The molecule has 0 radical (unpaired) electrons. The first-order valence-electron chi connectivity index (χ1n) is 12.2. The van der Waals surface area contributed by atoms with E-state index in [1.54, 1.807) is 22.8 Å². The largest absolute Gasteiger partial charge is 0.493 e. The van der Waals surface area contributed by atoms with Gasteiger partial charge in [-0.3, -0.25) is 9.69 Å². The second kappa shape index (κ2) is 10.5. The van der Waals surface area contributed by atoms with Gasteiger partial charge in [-0.2, -0.15) is 0 Å². The molecule has 2 aliphatic rings. The van der Waals surface area contributed by atoms with Crippen molar-refractivity contribution in [2.24, 2.45) is 0 Å². The molecule has 0 N–H and O–H groups in total. The summed E-state index contributed by atoms with van der Waals surface area (Å²) in [7, 11) is 1.31. The summed E-state index contributed by atoms with van der Waals surface area (Å²) < 4.78 is 32.1. The summed E-state index contributed by atoms with van der Waals surface area (Å²) in [5.41, 5.74) is 3.59. The van der Waals surface area contributed by atoms with Gasteiger partial charge in [-0.05, 0) is 28.8 Å². The first-order valence-corrected chi connectivity index (χ1v) is 12.2. The highest BCUT2D eigenvalue weighted by Crippen LogP contribution is 2.28. The number of rotatable bonds is 7. The highest BCUT2D eigenvalue weighted by Gasteiger charge is 2.26. The number of esters is 1. The quantitative estimate of drug-likeness (QED) is 0.471. The fourth-order valence-corrected chi connectivity index (χ4v) is 4.96. The van der Waals surface area contributed by atoms with E-state index in [2.05, 4.69) is 17.0 Å². The molecule has 0 spiro atoms. The van der Waals surface area contributed by atoms with Crippen LogP contribution in [0.5, 0.6) is 11.5 Å². The Morgan fingerprint density at radius 3 is 2.78 bits per heavy atom.